The van der Waals surface area contributed by atoms with Crippen LogP contribution in [0.3, 0.4) is 0 Å². The maximum absolute atomic E-state index is 12.5. The molecule has 0 aliphatic heterocycles. The van der Waals surface area contributed by atoms with Crippen LogP contribution in [0.1, 0.15) is 23.0 Å². The second-order valence-corrected chi connectivity index (χ2v) is 7.73. The number of thiazole rings is 1. The highest BCUT2D eigenvalue weighted by molar-refractivity contribution is 7.19. The smallest absolute Gasteiger partial charge is 0.273 e. The first kappa shape index (κ1) is 18.8. The summed E-state index contributed by atoms with van der Waals surface area (Å²) in [4.78, 5) is 30.2. The molecule has 29 heavy (non-hydrogen) atoms. The molecule has 1 unspecified atom stereocenters. The largest absolute Gasteiger partial charge is 0.339 e. The van der Waals surface area contributed by atoms with Crippen LogP contribution in [0.4, 0.5) is 5.13 Å². The summed E-state index contributed by atoms with van der Waals surface area (Å²) in [6.45, 7) is 3.65. The number of H-pyrrole nitrogens is 1. The van der Waals surface area contributed by atoms with Crippen molar-refractivity contribution >= 4 is 39.2 Å². The van der Waals surface area contributed by atoms with Crippen molar-refractivity contribution in [2.45, 2.75) is 19.9 Å². The van der Waals surface area contributed by atoms with Gasteiger partial charge in [-0.2, -0.15) is 5.10 Å². The fourth-order valence-corrected chi connectivity index (χ4v) is 3.76. The summed E-state index contributed by atoms with van der Waals surface area (Å²) in [5.41, 5.74) is 3.23. The van der Waals surface area contributed by atoms with Gasteiger partial charge in [-0.1, -0.05) is 59.4 Å². The number of carbonyl (C=O) groups is 2. The van der Waals surface area contributed by atoms with Crippen molar-refractivity contribution in [3.8, 4) is 10.4 Å². The van der Waals surface area contributed by atoms with Crippen molar-refractivity contribution in [3.05, 3.63) is 66.0 Å². The third-order valence-corrected chi connectivity index (χ3v) is 5.43. The van der Waals surface area contributed by atoms with E-state index >= 15 is 0 Å². The van der Waals surface area contributed by atoms with Gasteiger partial charge < -0.3 is 10.6 Å². The summed E-state index contributed by atoms with van der Waals surface area (Å²) in [6, 6.07) is 14.7. The predicted octanol–water partition coefficient (Wildman–Crippen LogP) is 3.75. The molecule has 4 rings (SSSR count). The molecular formula is C21H19N5O2S. The molecule has 0 aliphatic carbocycles. The van der Waals surface area contributed by atoms with Crippen LogP contribution in [0.15, 0.2) is 54.7 Å². The number of hydrogen-bond acceptors (Lipinski definition) is 5. The van der Waals surface area contributed by atoms with E-state index in [2.05, 4.69) is 31.9 Å². The lowest BCUT2D eigenvalue weighted by molar-refractivity contribution is -0.117. The highest BCUT2D eigenvalue weighted by Crippen LogP contribution is 2.29. The lowest BCUT2D eigenvalue weighted by atomic mass is 10.1. The Morgan fingerprint density at radius 3 is 2.79 bits per heavy atom. The van der Waals surface area contributed by atoms with Crippen molar-refractivity contribution in [2.24, 2.45) is 0 Å². The van der Waals surface area contributed by atoms with Crippen molar-refractivity contribution in [1.29, 1.82) is 0 Å². The first-order valence-corrected chi connectivity index (χ1v) is 9.90. The average Bonchev–Trinajstić information content (AvgIpc) is 3.35. The Morgan fingerprint density at radius 2 is 1.97 bits per heavy atom. The van der Waals surface area contributed by atoms with Gasteiger partial charge in [0.15, 0.2) is 10.8 Å². The fraction of sp³-hybridized carbons (Fsp3) is 0.143. The quantitative estimate of drug-likeness (QED) is 0.471. The van der Waals surface area contributed by atoms with Gasteiger partial charge in [0.25, 0.3) is 5.91 Å². The monoisotopic (exact) mass is 405 g/mol. The van der Waals surface area contributed by atoms with Gasteiger partial charge in [0, 0.05) is 11.6 Å². The molecule has 0 fully saturated rings. The second kappa shape index (κ2) is 7.84. The number of fused-ring (bicyclic) bond motifs is 1. The standard InChI is InChI=1S/C21H19N5O2S/c1-12-6-5-7-14(10-12)17-11-22-21(29-17)24-19(27)13(2)23-20(28)18-15-8-3-4-9-16(15)25-26-18/h3-11,13H,1-2H3,(H,23,28)(H,25,26)(H,22,24,27). The fourth-order valence-electron chi connectivity index (χ4n) is 2.94. The van der Waals surface area contributed by atoms with Gasteiger partial charge >= 0.3 is 0 Å². The van der Waals surface area contributed by atoms with Crippen LogP contribution in [0.5, 0.6) is 0 Å². The van der Waals surface area contributed by atoms with E-state index in [1.165, 1.54) is 11.3 Å². The number of aromatic amines is 1. The van der Waals surface area contributed by atoms with Gasteiger partial charge in [-0.05, 0) is 25.5 Å². The second-order valence-electron chi connectivity index (χ2n) is 6.70. The minimum Gasteiger partial charge on any atom is -0.339 e. The van der Waals surface area contributed by atoms with Crippen molar-refractivity contribution in [1.82, 2.24) is 20.5 Å². The van der Waals surface area contributed by atoms with E-state index in [0.29, 0.717) is 10.5 Å². The van der Waals surface area contributed by atoms with Crippen LogP contribution >= 0.6 is 11.3 Å². The summed E-state index contributed by atoms with van der Waals surface area (Å²) >= 11 is 1.39. The number of anilines is 1. The van der Waals surface area contributed by atoms with E-state index in [0.717, 1.165) is 21.5 Å². The Balaban J connectivity index is 1.41. The first-order chi connectivity index (χ1) is 14.0. The normalized spacial score (nSPS) is 11.9. The zero-order valence-corrected chi connectivity index (χ0v) is 16.7. The number of nitrogens with zero attached hydrogens (tertiary/aromatic N) is 2. The van der Waals surface area contributed by atoms with Gasteiger partial charge in [0.1, 0.15) is 6.04 Å². The van der Waals surface area contributed by atoms with E-state index in [1.54, 1.807) is 19.2 Å². The molecule has 0 saturated carbocycles. The van der Waals surface area contributed by atoms with Crippen LogP contribution in [-0.2, 0) is 4.79 Å². The summed E-state index contributed by atoms with van der Waals surface area (Å²) in [6.07, 6.45) is 1.73. The van der Waals surface area contributed by atoms with Gasteiger partial charge in [0.2, 0.25) is 5.91 Å². The SMILES string of the molecule is Cc1cccc(-c2cnc(NC(=O)C(C)NC(=O)c3n[nH]c4ccccc34)s2)c1. The zero-order chi connectivity index (χ0) is 20.4. The van der Waals surface area contributed by atoms with Gasteiger partial charge in [0.05, 0.1) is 10.4 Å². The number of amides is 2. The molecule has 0 spiro atoms. The third-order valence-electron chi connectivity index (χ3n) is 4.46. The highest BCUT2D eigenvalue weighted by Gasteiger charge is 2.21. The van der Waals surface area contributed by atoms with Gasteiger partial charge in [-0.15, -0.1) is 0 Å². The summed E-state index contributed by atoms with van der Waals surface area (Å²) in [5, 5.41) is 13.5. The molecule has 146 valence electrons. The Morgan fingerprint density at radius 1 is 1.14 bits per heavy atom. The Kier molecular flexibility index (Phi) is 5.09. The molecule has 2 heterocycles. The maximum atomic E-state index is 12.5. The molecule has 0 saturated heterocycles. The number of benzene rings is 2. The number of para-hydroxylation sites is 1. The Hall–Kier alpha value is -3.52. The molecule has 7 nitrogen and oxygen atoms in total. The van der Waals surface area contributed by atoms with E-state index < -0.39 is 11.9 Å². The minimum atomic E-state index is -0.746. The van der Waals surface area contributed by atoms with Crippen LogP contribution in [0.2, 0.25) is 0 Å². The predicted molar refractivity (Wildman–Crippen MR) is 114 cm³/mol. The van der Waals surface area contributed by atoms with Crippen molar-refractivity contribution < 1.29 is 9.59 Å². The molecule has 0 radical (unpaired) electrons. The topological polar surface area (TPSA) is 99.8 Å². The number of aryl methyl sites for hydroxylation is 1. The van der Waals surface area contributed by atoms with Crippen LogP contribution in [-0.4, -0.2) is 33.0 Å². The Labute approximate surface area is 171 Å². The van der Waals surface area contributed by atoms with Gasteiger partial charge in [-0.25, -0.2) is 4.98 Å². The van der Waals surface area contributed by atoms with E-state index in [-0.39, 0.29) is 11.6 Å². The number of rotatable bonds is 5. The molecule has 8 heteroatoms. The molecule has 3 N–H and O–H groups in total. The summed E-state index contributed by atoms with van der Waals surface area (Å²) in [5.74, 6) is -0.756. The Bertz CT molecular complexity index is 1200. The van der Waals surface area contributed by atoms with Crippen LogP contribution in [0.25, 0.3) is 21.3 Å². The molecule has 2 aromatic carbocycles. The van der Waals surface area contributed by atoms with E-state index in [9.17, 15) is 9.59 Å². The summed E-state index contributed by atoms with van der Waals surface area (Å²) in [7, 11) is 0. The molecule has 0 aliphatic rings. The molecule has 4 aromatic rings. The molecule has 2 amide bonds. The van der Waals surface area contributed by atoms with Crippen LogP contribution in [0, 0.1) is 6.92 Å². The average molecular weight is 405 g/mol. The number of aromatic nitrogens is 3. The van der Waals surface area contributed by atoms with E-state index in [1.807, 2.05) is 43.3 Å². The van der Waals surface area contributed by atoms with Gasteiger partial charge in [-0.3, -0.25) is 14.7 Å². The lowest BCUT2D eigenvalue weighted by Gasteiger charge is -2.12. The molecule has 2 aromatic heterocycles. The third kappa shape index (κ3) is 4.02. The zero-order valence-electron chi connectivity index (χ0n) is 15.9. The number of carbonyl (C=O) groups excluding carboxylic acids is 2. The van der Waals surface area contributed by atoms with E-state index in [4.69, 9.17) is 0 Å². The first-order valence-electron chi connectivity index (χ1n) is 9.09. The maximum Gasteiger partial charge on any atom is 0.273 e. The molecule has 1 atom stereocenters. The number of nitrogens with one attached hydrogen (secondary N) is 3. The lowest BCUT2D eigenvalue weighted by Crippen LogP contribution is -2.41. The minimum absolute atomic E-state index is 0.260. The van der Waals surface area contributed by atoms with Crippen molar-refractivity contribution in [3.63, 3.8) is 0 Å². The summed E-state index contributed by atoms with van der Waals surface area (Å²) < 4.78 is 0. The molecular weight excluding hydrogens is 386 g/mol. The molecule has 0 bridgehead atoms. The number of hydrogen-bond donors (Lipinski definition) is 3. The van der Waals surface area contributed by atoms with Crippen molar-refractivity contribution in [2.75, 3.05) is 5.32 Å². The highest BCUT2D eigenvalue weighted by atomic mass is 32.1. The van der Waals surface area contributed by atoms with Crippen LogP contribution < -0.4 is 10.6 Å².